The highest BCUT2D eigenvalue weighted by atomic mass is 32.2. The van der Waals surface area contributed by atoms with Crippen LogP contribution in [0.3, 0.4) is 0 Å². The molecule has 1 aliphatic rings. The standard InChI is InChI=1S/C32H28F3NO7S/c1-44-28-15-23(12-13-27(28)43-32(33,34)35)25(37)16-24(22-11-6-18-4-2-3-5-21(18)14-22)29(39)19-7-9-20(10-8-19)30(40)36-17-26(38)31(41)42/h6-16,26,38H,2-5,17H2,1H3,(H,36,40)(H,41,42)/b24-16-. The number of rotatable bonds is 11. The summed E-state index contributed by atoms with van der Waals surface area (Å²) in [5.74, 6) is -3.72. The first-order chi connectivity index (χ1) is 20.9. The third-order valence-corrected chi connectivity index (χ3v) is 7.76. The molecule has 0 bridgehead atoms. The van der Waals surface area contributed by atoms with E-state index in [1.807, 2.05) is 12.1 Å². The van der Waals surface area contributed by atoms with Crippen molar-refractivity contribution >= 4 is 40.8 Å². The number of hydrogen-bond donors (Lipinski definition) is 3. The zero-order valence-corrected chi connectivity index (χ0v) is 24.3. The molecular weight excluding hydrogens is 599 g/mol. The number of carbonyl (C=O) groups excluding carboxylic acids is 3. The normalized spacial score (nSPS) is 13.9. The number of ketones is 2. The molecule has 0 fully saturated rings. The molecular formula is C32H28F3NO7S. The van der Waals surface area contributed by atoms with Crippen LogP contribution in [0.4, 0.5) is 13.2 Å². The van der Waals surface area contributed by atoms with Gasteiger partial charge in [-0.3, -0.25) is 14.4 Å². The fourth-order valence-electron chi connectivity index (χ4n) is 4.73. The maximum atomic E-state index is 13.8. The van der Waals surface area contributed by atoms with Crippen LogP contribution in [0.5, 0.6) is 5.75 Å². The fourth-order valence-corrected chi connectivity index (χ4v) is 5.29. The Hall–Kier alpha value is -4.42. The minimum absolute atomic E-state index is 0.0581. The number of aliphatic hydroxyl groups is 1. The van der Waals surface area contributed by atoms with Crippen LogP contribution < -0.4 is 10.1 Å². The molecule has 12 heteroatoms. The monoisotopic (exact) mass is 627 g/mol. The number of alkyl halides is 3. The van der Waals surface area contributed by atoms with Gasteiger partial charge in [-0.1, -0.05) is 30.3 Å². The molecule has 8 nitrogen and oxygen atoms in total. The second kappa shape index (κ2) is 13.9. The van der Waals surface area contributed by atoms with E-state index in [1.165, 1.54) is 36.4 Å². The number of nitrogens with one attached hydrogen (secondary N) is 1. The van der Waals surface area contributed by atoms with Gasteiger partial charge >= 0.3 is 12.3 Å². The third-order valence-electron chi connectivity index (χ3n) is 7.00. The van der Waals surface area contributed by atoms with Crippen LogP contribution >= 0.6 is 11.8 Å². The Morgan fingerprint density at radius 1 is 0.909 bits per heavy atom. The largest absolute Gasteiger partial charge is 0.573 e. The van der Waals surface area contributed by atoms with Gasteiger partial charge in [0.2, 0.25) is 0 Å². The quantitative estimate of drug-likeness (QED) is 0.144. The molecule has 0 aliphatic heterocycles. The number of amides is 1. The summed E-state index contributed by atoms with van der Waals surface area (Å²) < 4.78 is 42.5. The molecule has 1 aliphatic carbocycles. The number of halogens is 3. The van der Waals surface area contributed by atoms with Gasteiger partial charge in [0, 0.05) is 22.3 Å². The number of carbonyl (C=O) groups is 4. The van der Waals surface area contributed by atoms with Crippen LogP contribution in [0.1, 0.15) is 60.6 Å². The predicted molar refractivity (Wildman–Crippen MR) is 157 cm³/mol. The molecule has 3 aromatic carbocycles. The van der Waals surface area contributed by atoms with E-state index < -0.39 is 48.2 Å². The van der Waals surface area contributed by atoms with Crippen molar-refractivity contribution in [3.8, 4) is 5.75 Å². The molecule has 3 aromatic rings. The van der Waals surface area contributed by atoms with Gasteiger partial charge in [-0.25, -0.2) is 4.79 Å². The number of aryl methyl sites for hydroxylation is 2. The molecule has 44 heavy (non-hydrogen) atoms. The van der Waals surface area contributed by atoms with Gasteiger partial charge in [-0.2, -0.15) is 0 Å². The van der Waals surface area contributed by atoms with Crippen LogP contribution in [0.2, 0.25) is 0 Å². The summed E-state index contributed by atoms with van der Waals surface area (Å²) >= 11 is 0.971. The number of carboxylic acids is 1. The average molecular weight is 628 g/mol. The van der Waals surface area contributed by atoms with Gasteiger partial charge in [-0.15, -0.1) is 24.9 Å². The molecule has 4 rings (SSSR count). The highest BCUT2D eigenvalue weighted by molar-refractivity contribution is 7.98. The van der Waals surface area contributed by atoms with Gasteiger partial charge in [0.1, 0.15) is 5.75 Å². The lowest BCUT2D eigenvalue weighted by molar-refractivity contribution is -0.275. The predicted octanol–water partition coefficient (Wildman–Crippen LogP) is 5.51. The Balaban J connectivity index is 1.67. The number of allylic oxidation sites excluding steroid dienone is 2. The van der Waals surface area contributed by atoms with Gasteiger partial charge < -0.3 is 20.3 Å². The molecule has 1 atom stereocenters. The minimum Gasteiger partial charge on any atom is -0.479 e. The summed E-state index contributed by atoms with van der Waals surface area (Å²) in [5, 5.41) is 20.4. The number of carboxylic acid groups (broad SMARTS) is 1. The highest BCUT2D eigenvalue weighted by Gasteiger charge is 2.32. The van der Waals surface area contributed by atoms with Crippen LogP contribution in [0.15, 0.2) is 71.6 Å². The van der Waals surface area contributed by atoms with E-state index in [1.54, 1.807) is 12.3 Å². The number of ether oxygens (including phenoxy) is 1. The minimum atomic E-state index is -4.90. The van der Waals surface area contributed by atoms with Crippen LogP contribution in [0, 0.1) is 0 Å². The number of aliphatic hydroxyl groups excluding tert-OH is 1. The number of fused-ring (bicyclic) bond motifs is 1. The molecule has 0 heterocycles. The second-order valence-electron chi connectivity index (χ2n) is 10.00. The Labute approximate surface area is 254 Å². The molecule has 0 radical (unpaired) electrons. The Bertz CT molecular complexity index is 1620. The number of aliphatic carboxylic acids is 1. The Morgan fingerprint density at radius 2 is 1.52 bits per heavy atom. The van der Waals surface area contributed by atoms with Crippen molar-refractivity contribution in [2.75, 3.05) is 12.8 Å². The van der Waals surface area contributed by atoms with E-state index in [0.717, 1.165) is 60.7 Å². The summed E-state index contributed by atoms with van der Waals surface area (Å²) in [4.78, 5) is 50.5. The van der Waals surface area contributed by atoms with Crippen molar-refractivity contribution < 1.29 is 47.3 Å². The SMILES string of the molecule is CSc1cc(C(=O)/C=C(\C(=O)c2ccc(C(=O)NCC(O)C(=O)O)cc2)c2ccc3c(c2)CCCC3)ccc1OC(F)(F)F. The molecule has 0 aromatic heterocycles. The van der Waals surface area contributed by atoms with Gasteiger partial charge in [-0.05, 0) is 85.0 Å². The van der Waals surface area contributed by atoms with Crippen molar-refractivity contribution in [2.45, 2.75) is 43.0 Å². The van der Waals surface area contributed by atoms with Gasteiger partial charge in [0.25, 0.3) is 5.91 Å². The zero-order valence-electron chi connectivity index (χ0n) is 23.4. The van der Waals surface area contributed by atoms with E-state index in [0.29, 0.717) is 5.56 Å². The van der Waals surface area contributed by atoms with E-state index in [-0.39, 0.29) is 27.2 Å². The van der Waals surface area contributed by atoms with Crippen molar-refractivity contribution in [1.82, 2.24) is 5.32 Å². The van der Waals surface area contributed by atoms with E-state index in [2.05, 4.69) is 10.1 Å². The first kappa shape index (κ1) is 32.5. The zero-order chi connectivity index (χ0) is 32.0. The van der Waals surface area contributed by atoms with Crippen LogP contribution in [-0.4, -0.2) is 58.9 Å². The second-order valence-corrected chi connectivity index (χ2v) is 10.8. The number of thioether (sulfide) groups is 1. The van der Waals surface area contributed by atoms with E-state index in [9.17, 15) is 37.5 Å². The molecule has 0 spiro atoms. The fraction of sp³-hybridized carbons (Fsp3) is 0.250. The van der Waals surface area contributed by atoms with Crippen molar-refractivity contribution in [1.29, 1.82) is 0 Å². The lowest BCUT2D eigenvalue weighted by Crippen LogP contribution is -2.36. The molecule has 230 valence electrons. The van der Waals surface area contributed by atoms with Gasteiger partial charge in [0.15, 0.2) is 17.7 Å². The Kier molecular flexibility index (Phi) is 10.3. The number of Topliss-reactive ketones (excluding diaryl/α,β-unsaturated/α-hetero) is 1. The number of hydrogen-bond acceptors (Lipinski definition) is 7. The summed E-state index contributed by atoms with van der Waals surface area (Å²) in [5.41, 5.74) is 3.10. The molecule has 0 saturated carbocycles. The topological polar surface area (TPSA) is 130 Å². The summed E-state index contributed by atoms with van der Waals surface area (Å²) in [6.45, 7) is -0.510. The summed E-state index contributed by atoms with van der Waals surface area (Å²) in [7, 11) is 0. The van der Waals surface area contributed by atoms with Crippen LogP contribution in [-0.2, 0) is 17.6 Å². The smallest absolute Gasteiger partial charge is 0.479 e. The Morgan fingerprint density at radius 3 is 2.16 bits per heavy atom. The van der Waals surface area contributed by atoms with E-state index in [4.69, 9.17) is 5.11 Å². The maximum absolute atomic E-state index is 13.8. The highest BCUT2D eigenvalue weighted by Crippen LogP contribution is 2.34. The lowest BCUT2D eigenvalue weighted by Gasteiger charge is -2.17. The molecule has 1 unspecified atom stereocenters. The average Bonchev–Trinajstić information content (AvgIpc) is 3.01. The number of benzene rings is 3. The molecule has 0 saturated heterocycles. The first-order valence-corrected chi connectivity index (χ1v) is 14.7. The van der Waals surface area contributed by atoms with Crippen LogP contribution in [0.25, 0.3) is 5.57 Å². The van der Waals surface area contributed by atoms with Crippen molar-refractivity contribution in [3.63, 3.8) is 0 Å². The molecule has 3 N–H and O–H groups in total. The maximum Gasteiger partial charge on any atom is 0.573 e. The van der Waals surface area contributed by atoms with E-state index >= 15 is 0 Å². The third kappa shape index (κ3) is 8.14. The summed E-state index contributed by atoms with van der Waals surface area (Å²) in [6.07, 6.45) is -0.227. The van der Waals surface area contributed by atoms with Crippen molar-refractivity contribution in [2.24, 2.45) is 0 Å². The van der Waals surface area contributed by atoms with Crippen molar-refractivity contribution in [3.05, 3.63) is 100 Å². The summed E-state index contributed by atoms with van der Waals surface area (Å²) in [6, 6.07) is 14.5. The van der Waals surface area contributed by atoms with Gasteiger partial charge in [0.05, 0.1) is 11.4 Å². The molecule has 1 amide bonds. The first-order valence-electron chi connectivity index (χ1n) is 13.5. The lowest BCUT2D eigenvalue weighted by atomic mass is 9.87.